The normalized spacial score (nSPS) is 37.7. The maximum Gasteiger partial charge on any atom is 0.0509 e. The van der Waals surface area contributed by atoms with Crippen LogP contribution in [0.4, 0.5) is 0 Å². The van der Waals surface area contributed by atoms with Crippen LogP contribution in [0.5, 0.6) is 0 Å². The van der Waals surface area contributed by atoms with E-state index >= 15 is 0 Å². The number of likely N-dealkylation sites (N-methyl/N-ethyl adjacent to an activating group) is 1. The van der Waals surface area contributed by atoms with E-state index in [0.29, 0.717) is 24.0 Å². The van der Waals surface area contributed by atoms with Crippen molar-refractivity contribution < 1.29 is 4.74 Å². The molecule has 4 atom stereocenters. The van der Waals surface area contributed by atoms with Gasteiger partial charge >= 0.3 is 0 Å². The van der Waals surface area contributed by atoms with Crippen LogP contribution in [0.3, 0.4) is 0 Å². The van der Waals surface area contributed by atoms with Crippen molar-refractivity contribution >= 4 is 0 Å². The van der Waals surface area contributed by atoms with Gasteiger partial charge in [0, 0.05) is 44.4 Å². The second-order valence-corrected chi connectivity index (χ2v) is 6.10. The number of rotatable bonds is 3. The third-order valence-electron chi connectivity index (χ3n) is 4.84. The maximum atomic E-state index is 6.05. The van der Waals surface area contributed by atoms with Gasteiger partial charge in [0.05, 0.1) is 6.61 Å². The number of ether oxygens (including phenoxy) is 1. The summed E-state index contributed by atoms with van der Waals surface area (Å²) in [5, 5.41) is 0. The Balaban J connectivity index is 1.98. The van der Waals surface area contributed by atoms with Gasteiger partial charge in [0.2, 0.25) is 0 Å². The van der Waals surface area contributed by atoms with Gasteiger partial charge in [-0.25, -0.2) is 0 Å². The molecule has 2 aliphatic rings. The minimum Gasteiger partial charge on any atom is -0.381 e. The Kier molecular flexibility index (Phi) is 5.01. The smallest absolute Gasteiger partial charge is 0.0509 e. The fraction of sp³-hybridized carbons (Fsp3) is 1.00. The average molecular weight is 255 g/mol. The molecular formula is C14H29N3O. The summed E-state index contributed by atoms with van der Waals surface area (Å²) >= 11 is 0. The largest absolute Gasteiger partial charge is 0.381 e. The summed E-state index contributed by atoms with van der Waals surface area (Å²) in [6.45, 7) is 9.50. The third-order valence-corrected chi connectivity index (χ3v) is 4.84. The quantitative estimate of drug-likeness (QED) is 0.808. The first-order valence-corrected chi connectivity index (χ1v) is 7.37. The zero-order valence-electron chi connectivity index (χ0n) is 12.1. The molecular weight excluding hydrogens is 226 g/mol. The number of nitrogens with two attached hydrogens (primary N) is 1. The molecule has 0 radical (unpaired) electrons. The molecule has 2 N–H and O–H groups in total. The predicted molar refractivity (Wildman–Crippen MR) is 74.6 cm³/mol. The van der Waals surface area contributed by atoms with Crippen molar-refractivity contribution in [2.45, 2.75) is 44.8 Å². The van der Waals surface area contributed by atoms with Crippen LogP contribution in [0.15, 0.2) is 0 Å². The van der Waals surface area contributed by atoms with Crippen LogP contribution >= 0.6 is 0 Å². The van der Waals surface area contributed by atoms with Gasteiger partial charge in [-0.1, -0.05) is 0 Å². The van der Waals surface area contributed by atoms with Crippen LogP contribution in [-0.4, -0.2) is 67.8 Å². The molecule has 2 aliphatic heterocycles. The summed E-state index contributed by atoms with van der Waals surface area (Å²) in [6, 6.07) is 1.74. The lowest BCUT2D eigenvalue weighted by atomic mass is 9.91. The number of piperazine rings is 1. The molecule has 0 aromatic heterocycles. The summed E-state index contributed by atoms with van der Waals surface area (Å²) in [5.41, 5.74) is 6.05. The predicted octanol–water partition coefficient (Wildman–Crippen LogP) is 0.765. The van der Waals surface area contributed by atoms with Gasteiger partial charge in [0.15, 0.2) is 0 Å². The maximum absolute atomic E-state index is 6.05. The molecule has 4 heteroatoms. The molecule has 2 fully saturated rings. The summed E-state index contributed by atoms with van der Waals surface area (Å²) < 4.78 is 5.64. The Morgan fingerprint density at radius 3 is 2.44 bits per heavy atom. The Labute approximate surface area is 111 Å². The summed E-state index contributed by atoms with van der Waals surface area (Å²) in [7, 11) is 2.23. The van der Waals surface area contributed by atoms with Crippen LogP contribution < -0.4 is 5.73 Å². The third kappa shape index (κ3) is 3.05. The van der Waals surface area contributed by atoms with Crippen LogP contribution in [0.2, 0.25) is 0 Å². The average Bonchev–Trinajstić information content (AvgIpc) is 2.38. The molecule has 0 saturated carbocycles. The van der Waals surface area contributed by atoms with Crippen molar-refractivity contribution in [2.75, 3.05) is 39.9 Å². The molecule has 0 aliphatic carbocycles. The topological polar surface area (TPSA) is 41.7 Å². The van der Waals surface area contributed by atoms with E-state index in [4.69, 9.17) is 10.5 Å². The molecule has 2 saturated heterocycles. The molecule has 0 amide bonds. The van der Waals surface area contributed by atoms with Crippen molar-refractivity contribution in [1.82, 2.24) is 9.80 Å². The fourth-order valence-electron chi connectivity index (χ4n) is 3.42. The first kappa shape index (κ1) is 14.3. The Morgan fingerprint density at radius 2 is 1.94 bits per heavy atom. The highest BCUT2D eigenvalue weighted by Gasteiger charge is 2.34. The van der Waals surface area contributed by atoms with Crippen LogP contribution in [-0.2, 0) is 4.74 Å². The summed E-state index contributed by atoms with van der Waals surface area (Å²) in [4.78, 5) is 5.08. The molecule has 0 spiro atoms. The number of nitrogens with zero attached hydrogens (tertiary/aromatic N) is 2. The second-order valence-electron chi connectivity index (χ2n) is 6.10. The first-order chi connectivity index (χ1) is 8.63. The molecule has 0 bridgehead atoms. The highest BCUT2D eigenvalue weighted by molar-refractivity contribution is 4.90. The fourth-order valence-corrected chi connectivity index (χ4v) is 3.42. The Morgan fingerprint density at radius 1 is 1.28 bits per heavy atom. The Hall–Kier alpha value is -0.160. The molecule has 106 valence electrons. The highest BCUT2D eigenvalue weighted by atomic mass is 16.5. The van der Waals surface area contributed by atoms with Crippen LogP contribution in [0, 0.1) is 5.92 Å². The molecule has 0 aromatic rings. The zero-order valence-corrected chi connectivity index (χ0v) is 12.1. The molecule has 2 rings (SSSR count). The van der Waals surface area contributed by atoms with Crippen molar-refractivity contribution in [1.29, 1.82) is 0 Å². The summed E-state index contributed by atoms with van der Waals surface area (Å²) in [6.07, 6.45) is 2.47. The lowest BCUT2D eigenvalue weighted by molar-refractivity contribution is -0.0228. The summed E-state index contributed by atoms with van der Waals surface area (Å²) in [5.74, 6) is 0.631. The van der Waals surface area contributed by atoms with Crippen molar-refractivity contribution in [3.05, 3.63) is 0 Å². The van der Waals surface area contributed by atoms with Crippen LogP contribution in [0.1, 0.15) is 26.7 Å². The number of hydrogen-bond acceptors (Lipinski definition) is 4. The van der Waals surface area contributed by atoms with Gasteiger partial charge in [-0.05, 0) is 39.7 Å². The van der Waals surface area contributed by atoms with E-state index in [9.17, 15) is 0 Å². The minimum absolute atomic E-state index is 0.504. The molecule has 4 unspecified atom stereocenters. The van der Waals surface area contributed by atoms with Gasteiger partial charge in [0.1, 0.15) is 0 Å². The van der Waals surface area contributed by atoms with Gasteiger partial charge in [-0.15, -0.1) is 0 Å². The standard InChI is InChI=1S/C14H29N3O/c1-11-8-17(9-12(2)16(11)3)14(7-15)13-5-4-6-18-10-13/h11-14H,4-10,15H2,1-3H3. The molecule has 2 heterocycles. The van der Waals surface area contributed by atoms with Crippen molar-refractivity contribution in [2.24, 2.45) is 11.7 Å². The van der Waals surface area contributed by atoms with Crippen molar-refractivity contribution in [3.63, 3.8) is 0 Å². The highest BCUT2D eigenvalue weighted by Crippen LogP contribution is 2.24. The molecule has 18 heavy (non-hydrogen) atoms. The SMILES string of the molecule is CC1CN(C(CN)C2CCCOC2)CC(C)N1C. The monoisotopic (exact) mass is 255 g/mol. The van der Waals surface area contributed by atoms with E-state index in [0.717, 1.165) is 32.8 Å². The molecule has 4 nitrogen and oxygen atoms in total. The minimum atomic E-state index is 0.504. The zero-order chi connectivity index (χ0) is 13.1. The first-order valence-electron chi connectivity index (χ1n) is 7.37. The lowest BCUT2D eigenvalue weighted by Crippen LogP contribution is -2.60. The van der Waals surface area contributed by atoms with E-state index < -0.39 is 0 Å². The van der Waals surface area contributed by atoms with E-state index in [-0.39, 0.29) is 0 Å². The van der Waals surface area contributed by atoms with Crippen LogP contribution in [0.25, 0.3) is 0 Å². The Bertz CT molecular complexity index is 243. The lowest BCUT2D eigenvalue weighted by Gasteiger charge is -2.47. The second kappa shape index (κ2) is 6.33. The van der Waals surface area contributed by atoms with Gasteiger partial charge in [-0.2, -0.15) is 0 Å². The van der Waals surface area contributed by atoms with Crippen molar-refractivity contribution in [3.8, 4) is 0 Å². The van der Waals surface area contributed by atoms with E-state index in [2.05, 4.69) is 30.7 Å². The van der Waals surface area contributed by atoms with Gasteiger partial charge in [0.25, 0.3) is 0 Å². The van der Waals surface area contributed by atoms with E-state index in [1.165, 1.54) is 12.8 Å². The van der Waals surface area contributed by atoms with Gasteiger partial charge in [-0.3, -0.25) is 9.80 Å². The van der Waals surface area contributed by atoms with E-state index in [1.54, 1.807) is 0 Å². The number of hydrogen-bond donors (Lipinski definition) is 1. The van der Waals surface area contributed by atoms with E-state index in [1.807, 2.05) is 0 Å². The molecule has 0 aromatic carbocycles. The van der Waals surface area contributed by atoms with Gasteiger partial charge < -0.3 is 10.5 Å².